The van der Waals surface area contributed by atoms with Gasteiger partial charge in [-0.2, -0.15) is 0 Å². The molecule has 5 rings (SSSR count). The monoisotopic (exact) mass is 442 g/mol. The van der Waals surface area contributed by atoms with Crippen molar-refractivity contribution in [1.82, 2.24) is 15.0 Å². The van der Waals surface area contributed by atoms with Crippen molar-refractivity contribution in [2.45, 2.75) is 25.4 Å². The normalized spacial score (nSPS) is 18.9. The molecular weight excluding hydrogens is 422 g/mol. The number of anilines is 3. The molecule has 2 N–H and O–H groups in total. The van der Waals surface area contributed by atoms with Crippen LogP contribution in [0.15, 0.2) is 30.6 Å². The van der Waals surface area contributed by atoms with Crippen molar-refractivity contribution >= 4 is 34.6 Å². The van der Waals surface area contributed by atoms with E-state index in [-0.39, 0.29) is 17.3 Å². The van der Waals surface area contributed by atoms with Gasteiger partial charge in [-0.3, -0.25) is 4.79 Å². The number of amides is 1. The van der Waals surface area contributed by atoms with Gasteiger partial charge in [0.2, 0.25) is 5.95 Å². The van der Waals surface area contributed by atoms with Crippen LogP contribution in [-0.4, -0.2) is 46.7 Å². The van der Waals surface area contributed by atoms with Crippen molar-refractivity contribution in [3.05, 3.63) is 47.0 Å². The smallest absolute Gasteiger partial charge is 0.270 e. The summed E-state index contributed by atoms with van der Waals surface area (Å²) >= 11 is 1.24. The van der Waals surface area contributed by atoms with Crippen LogP contribution in [0.5, 0.6) is 0 Å². The third-order valence-electron chi connectivity index (χ3n) is 5.54. The molecule has 0 aliphatic carbocycles. The zero-order valence-corrected chi connectivity index (χ0v) is 17.4. The van der Waals surface area contributed by atoms with Crippen LogP contribution in [0, 0.1) is 5.82 Å². The van der Waals surface area contributed by atoms with Crippen molar-refractivity contribution < 1.29 is 13.6 Å². The number of nitrogens with two attached hydrogens (primary N) is 1. The van der Waals surface area contributed by atoms with Gasteiger partial charge in [0.1, 0.15) is 16.1 Å². The summed E-state index contributed by atoms with van der Waals surface area (Å²) in [5.41, 5.74) is 7.21. The van der Waals surface area contributed by atoms with E-state index in [1.165, 1.54) is 22.3 Å². The van der Waals surface area contributed by atoms with Gasteiger partial charge in [-0.05, 0) is 25.0 Å². The summed E-state index contributed by atoms with van der Waals surface area (Å²) in [6.45, 7) is 1.36. The van der Waals surface area contributed by atoms with Crippen molar-refractivity contribution in [3.8, 4) is 10.6 Å². The first-order chi connectivity index (χ1) is 15.0. The average molecular weight is 442 g/mol. The maximum absolute atomic E-state index is 14.4. The van der Waals surface area contributed by atoms with Crippen LogP contribution in [0.4, 0.5) is 26.1 Å². The molecule has 1 saturated heterocycles. The summed E-state index contributed by atoms with van der Waals surface area (Å²) in [6, 6.07) is 4.64. The standard InChI is InChI=1S/C21H20F2N6OS/c22-13-3-2-7-28(11-13)21-25-9-12(10-26-21)19-27-15-6-8-29(20(30)18(15)31-19)16-5-1-4-14(24)17(16)23/h1,4-5,9-10,13H,2-3,6-8,11,24H2/t13-/m0/s1. The number of benzene rings is 1. The molecule has 0 radical (unpaired) electrons. The SMILES string of the molecule is Nc1cccc(N2CCc3nc(-c4cnc(N5CCC[C@H](F)C5)nc4)sc3C2=O)c1F. The molecule has 10 heteroatoms. The fourth-order valence-corrected chi connectivity index (χ4v) is 4.97. The molecule has 1 amide bonds. The lowest BCUT2D eigenvalue weighted by atomic mass is 10.1. The second-order valence-electron chi connectivity index (χ2n) is 7.64. The number of carbonyl (C=O) groups excluding carboxylic acids is 1. The first-order valence-electron chi connectivity index (χ1n) is 10.1. The van der Waals surface area contributed by atoms with Crippen molar-refractivity contribution in [2.75, 3.05) is 35.2 Å². The molecule has 7 nitrogen and oxygen atoms in total. The molecule has 2 aromatic heterocycles. The van der Waals surface area contributed by atoms with E-state index in [4.69, 9.17) is 5.73 Å². The summed E-state index contributed by atoms with van der Waals surface area (Å²) in [5.74, 6) is -0.401. The summed E-state index contributed by atoms with van der Waals surface area (Å²) in [4.78, 5) is 30.1. The van der Waals surface area contributed by atoms with Gasteiger partial charge >= 0.3 is 0 Å². The zero-order chi connectivity index (χ0) is 21.5. The highest BCUT2D eigenvalue weighted by molar-refractivity contribution is 7.17. The van der Waals surface area contributed by atoms with E-state index in [0.717, 1.165) is 13.0 Å². The summed E-state index contributed by atoms with van der Waals surface area (Å²) < 4.78 is 28.1. The molecule has 2 aliphatic heterocycles. The Bertz CT molecular complexity index is 1140. The van der Waals surface area contributed by atoms with Gasteiger partial charge < -0.3 is 15.5 Å². The van der Waals surface area contributed by atoms with E-state index in [9.17, 15) is 13.6 Å². The number of alkyl halides is 1. The highest BCUT2D eigenvalue weighted by atomic mass is 32.1. The Morgan fingerprint density at radius 2 is 2.00 bits per heavy atom. The lowest BCUT2D eigenvalue weighted by molar-refractivity contribution is 0.0983. The molecule has 3 aromatic rings. The maximum Gasteiger partial charge on any atom is 0.270 e. The molecule has 31 heavy (non-hydrogen) atoms. The lowest BCUT2D eigenvalue weighted by Gasteiger charge is -2.28. The van der Waals surface area contributed by atoms with Crippen LogP contribution < -0.4 is 15.5 Å². The van der Waals surface area contributed by atoms with Crippen molar-refractivity contribution in [3.63, 3.8) is 0 Å². The van der Waals surface area contributed by atoms with E-state index in [1.807, 2.05) is 4.90 Å². The summed E-state index contributed by atoms with van der Waals surface area (Å²) in [5, 5.41) is 0.627. The Hall–Kier alpha value is -3.14. The van der Waals surface area contributed by atoms with Crippen LogP contribution in [0.25, 0.3) is 10.6 Å². The number of nitrogen functional groups attached to an aromatic ring is 1. The number of fused-ring (bicyclic) bond motifs is 1. The lowest BCUT2D eigenvalue weighted by Crippen LogP contribution is -2.37. The number of hydrogen-bond acceptors (Lipinski definition) is 7. The fourth-order valence-electron chi connectivity index (χ4n) is 3.93. The Labute approximate surface area is 181 Å². The van der Waals surface area contributed by atoms with Gasteiger partial charge in [0.25, 0.3) is 5.91 Å². The molecule has 0 unspecified atom stereocenters. The van der Waals surface area contributed by atoms with E-state index >= 15 is 0 Å². The topological polar surface area (TPSA) is 88.2 Å². The molecule has 4 heterocycles. The summed E-state index contributed by atoms with van der Waals surface area (Å²) in [7, 11) is 0. The molecule has 0 bridgehead atoms. The predicted octanol–water partition coefficient (Wildman–Crippen LogP) is 3.46. The molecule has 160 valence electrons. The maximum atomic E-state index is 14.4. The number of aromatic nitrogens is 3. The Balaban J connectivity index is 1.39. The minimum absolute atomic E-state index is 0.00566. The second-order valence-corrected chi connectivity index (χ2v) is 8.64. The minimum Gasteiger partial charge on any atom is -0.396 e. The number of carbonyl (C=O) groups is 1. The number of hydrogen-bond donors (Lipinski definition) is 1. The number of thiazole rings is 1. The summed E-state index contributed by atoms with van der Waals surface area (Å²) in [6.07, 6.45) is 4.29. The number of halogens is 2. The fraction of sp³-hybridized carbons (Fsp3) is 0.333. The van der Waals surface area contributed by atoms with E-state index in [2.05, 4.69) is 15.0 Å². The van der Waals surface area contributed by atoms with E-state index in [1.54, 1.807) is 24.5 Å². The van der Waals surface area contributed by atoms with E-state index < -0.39 is 12.0 Å². The number of nitrogens with zero attached hydrogens (tertiary/aromatic N) is 5. The molecule has 1 fully saturated rings. The molecule has 1 atom stereocenters. The van der Waals surface area contributed by atoms with Crippen LogP contribution in [0.2, 0.25) is 0 Å². The largest absolute Gasteiger partial charge is 0.396 e. The van der Waals surface area contributed by atoms with Crippen LogP contribution in [0.1, 0.15) is 28.2 Å². The first kappa shape index (κ1) is 19.8. The van der Waals surface area contributed by atoms with Crippen molar-refractivity contribution in [2.24, 2.45) is 0 Å². The van der Waals surface area contributed by atoms with Gasteiger partial charge in [0, 0.05) is 37.5 Å². The van der Waals surface area contributed by atoms with Gasteiger partial charge in [0.05, 0.1) is 23.6 Å². The van der Waals surface area contributed by atoms with Gasteiger partial charge in [-0.25, -0.2) is 23.7 Å². The van der Waals surface area contributed by atoms with Gasteiger partial charge in [0.15, 0.2) is 5.82 Å². The highest BCUT2D eigenvalue weighted by Gasteiger charge is 2.31. The predicted molar refractivity (Wildman–Crippen MR) is 116 cm³/mol. The Morgan fingerprint density at radius 1 is 1.19 bits per heavy atom. The minimum atomic E-state index is -0.860. The molecule has 2 aliphatic rings. The molecule has 0 spiro atoms. The third-order valence-corrected chi connectivity index (χ3v) is 6.67. The van der Waals surface area contributed by atoms with Crippen LogP contribution in [0.3, 0.4) is 0 Å². The van der Waals surface area contributed by atoms with E-state index in [0.29, 0.717) is 53.0 Å². The molecular formula is C21H20F2N6OS. The van der Waals surface area contributed by atoms with Gasteiger partial charge in [-0.15, -0.1) is 11.3 Å². The van der Waals surface area contributed by atoms with Gasteiger partial charge in [-0.1, -0.05) is 6.07 Å². The van der Waals surface area contributed by atoms with Crippen LogP contribution in [-0.2, 0) is 6.42 Å². The first-order valence-corrected chi connectivity index (χ1v) is 10.9. The van der Waals surface area contributed by atoms with Crippen LogP contribution >= 0.6 is 11.3 Å². The number of rotatable bonds is 3. The number of piperidine rings is 1. The highest BCUT2D eigenvalue weighted by Crippen LogP contribution is 2.34. The Kier molecular flexibility index (Phi) is 5.01. The third kappa shape index (κ3) is 3.60. The zero-order valence-electron chi connectivity index (χ0n) is 16.6. The molecule has 1 aromatic carbocycles. The molecule has 0 saturated carbocycles. The Morgan fingerprint density at radius 3 is 2.77 bits per heavy atom. The second kappa shape index (κ2) is 7.84. The average Bonchev–Trinajstić information content (AvgIpc) is 3.22. The van der Waals surface area contributed by atoms with Crippen molar-refractivity contribution in [1.29, 1.82) is 0 Å². The quantitative estimate of drug-likeness (QED) is 0.625.